The van der Waals surface area contributed by atoms with Crippen LogP contribution < -0.4 is 0 Å². The Hall–Kier alpha value is -1.27. The fourth-order valence-electron chi connectivity index (χ4n) is 3.31. The number of carbonyl (C=O) groups excluding carboxylic acids is 1. The van der Waals surface area contributed by atoms with E-state index in [0.717, 1.165) is 30.6 Å². The van der Waals surface area contributed by atoms with E-state index < -0.39 is 30.5 Å². The quantitative estimate of drug-likeness (QED) is 0.798. The maximum absolute atomic E-state index is 13.1. The number of nitrogens with zero attached hydrogens (tertiary/aromatic N) is 1. The molecule has 2 aliphatic rings. The monoisotopic (exact) mass is 307 g/mol. The van der Waals surface area contributed by atoms with Crippen molar-refractivity contribution in [1.29, 1.82) is 0 Å². The molecule has 1 aliphatic heterocycles. The topological polar surface area (TPSA) is 57.6 Å². The van der Waals surface area contributed by atoms with Crippen molar-refractivity contribution in [3.8, 4) is 0 Å². The van der Waals surface area contributed by atoms with Crippen LogP contribution in [0.2, 0.25) is 0 Å². The van der Waals surface area contributed by atoms with E-state index in [-0.39, 0.29) is 18.4 Å². The standard InChI is InChI=1S/C14H20F3NO3/c15-14(16,17)13(12(20)21)7-8-18(9-13)11(19)10-5-3-1-2-4-6-10/h10H,1-9H2,(H,20,21). The second-order valence-electron chi connectivity index (χ2n) is 6.08. The predicted molar refractivity (Wildman–Crippen MR) is 68.5 cm³/mol. The lowest BCUT2D eigenvalue weighted by atomic mass is 9.86. The number of alkyl halides is 3. The zero-order chi connectivity index (χ0) is 15.7. The summed E-state index contributed by atoms with van der Waals surface area (Å²) >= 11 is 0. The van der Waals surface area contributed by atoms with Crippen LogP contribution in [0.15, 0.2) is 0 Å². The van der Waals surface area contributed by atoms with Gasteiger partial charge in [-0.2, -0.15) is 13.2 Å². The van der Waals surface area contributed by atoms with E-state index in [1.165, 1.54) is 0 Å². The van der Waals surface area contributed by atoms with Gasteiger partial charge in [0.2, 0.25) is 5.91 Å². The van der Waals surface area contributed by atoms with Gasteiger partial charge in [0.15, 0.2) is 5.41 Å². The molecule has 1 atom stereocenters. The molecule has 1 saturated carbocycles. The Bertz CT molecular complexity index is 416. The molecule has 7 heteroatoms. The van der Waals surface area contributed by atoms with Gasteiger partial charge in [0.05, 0.1) is 0 Å². The zero-order valence-electron chi connectivity index (χ0n) is 11.8. The molecule has 0 aromatic rings. The number of aliphatic carboxylic acids is 1. The van der Waals surface area contributed by atoms with Crippen molar-refractivity contribution in [3.05, 3.63) is 0 Å². The van der Waals surface area contributed by atoms with E-state index in [1.54, 1.807) is 0 Å². The van der Waals surface area contributed by atoms with E-state index in [9.17, 15) is 22.8 Å². The number of carboxylic acid groups (broad SMARTS) is 1. The summed E-state index contributed by atoms with van der Waals surface area (Å²) in [6.07, 6.45) is -0.0809. The smallest absolute Gasteiger partial charge is 0.406 e. The van der Waals surface area contributed by atoms with Gasteiger partial charge in [-0.05, 0) is 19.3 Å². The highest BCUT2D eigenvalue weighted by atomic mass is 19.4. The second kappa shape index (κ2) is 5.85. The summed E-state index contributed by atoms with van der Waals surface area (Å²) < 4.78 is 39.3. The first-order valence-electron chi connectivity index (χ1n) is 7.37. The van der Waals surface area contributed by atoms with E-state index >= 15 is 0 Å². The van der Waals surface area contributed by atoms with Gasteiger partial charge in [0, 0.05) is 19.0 Å². The van der Waals surface area contributed by atoms with Crippen LogP contribution in [0.1, 0.15) is 44.9 Å². The predicted octanol–water partition coefficient (Wildman–Crippen LogP) is 2.82. The Morgan fingerprint density at radius 3 is 2.10 bits per heavy atom. The Morgan fingerprint density at radius 2 is 1.67 bits per heavy atom. The molecule has 1 heterocycles. The van der Waals surface area contributed by atoms with Crippen LogP contribution >= 0.6 is 0 Å². The molecular formula is C14H20F3NO3. The number of carboxylic acids is 1. The second-order valence-corrected chi connectivity index (χ2v) is 6.08. The van der Waals surface area contributed by atoms with Crippen LogP contribution in [0.4, 0.5) is 13.2 Å². The van der Waals surface area contributed by atoms with E-state index in [0.29, 0.717) is 12.8 Å². The van der Waals surface area contributed by atoms with Gasteiger partial charge in [-0.25, -0.2) is 0 Å². The molecule has 0 spiro atoms. The van der Waals surface area contributed by atoms with Gasteiger partial charge in [-0.3, -0.25) is 9.59 Å². The number of carbonyl (C=O) groups is 2. The Kier molecular flexibility index (Phi) is 4.49. The summed E-state index contributed by atoms with van der Waals surface area (Å²) in [5.41, 5.74) is -2.80. The number of amides is 1. The molecule has 2 fully saturated rings. The van der Waals surface area contributed by atoms with Gasteiger partial charge < -0.3 is 10.0 Å². The van der Waals surface area contributed by atoms with Gasteiger partial charge in [0.25, 0.3) is 0 Å². The third kappa shape index (κ3) is 3.01. The molecule has 0 bridgehead atoms. The fourth-order valence-corrected chi connectivity index (χ4v) is 3.31. The summed E-state index contributed by atoms with van der Waals surface area (Å²) in [5, 5.41) is 9.00. The number of hydrogen-bond acceptors (Lipinski definition) is 2. The molecule has 0 aromatic heterocycles. The molecule has 1 aliphatic carbocycles. The number of rotatable bonds is 2. The normalized spacial score (nSPS) is 28.4. The van der Waals surface area contributed by atoms with Crippen LogP contribution in [0.3, 0.4) is 0 Å². The van der Waals surface area contributed by atoms with Crippen molar-refractivity contribution in [2.45, 2.75) is 51.1 Å². The lowest BCUT2D eigenvalue weighted by Crippen LogP contribution is -2.48. The Morgan fingerprint density at radius 1 is 1.10 bits per heavy atom. The molecule has 1 amide bonds. The molecular weight excluding hydrogens is 287 g/mol. The molecule has 1 N–H and O–H groups in total. The highest BCUT2D eigenvalue weighted by Crippen LogP contribution is 2.46. The first-order valence-corrected chi connectivity index (χ1v) is 7.37. The molecule has 0 aromatic carbocycles. The summed E-state index contributed by atoms with van der Waals surface area (Å²) in [7, 11) is 0. The van der Waals surface area contributed by atoms with Gasteiger partial charge >= 0.3 is 12.1 Å². The van der Waals surface area contributed by atoms with Crippen LogP contribution in [-0.2, 0) is 9.59 Å². The molecule has 120 valence electrons. The van der Waals surface area contributed by atoms with Crippen molar-refractivity contribution in [3.63, 3.8) is 0 Å². The Labute approximate surface area is 121 Å². The summed E-state index contributed by atoms with van der Waals surface area (Å²) in [5.74, 6) is -2.43. The lowest BCUT2D eigenvalue weighted by Gasteiger charge is -2.28. The molecule has 4 nitrogen and oxygen atoms in total. The summed E-state index contributed by atoms with van der Waals surface area (Å²) in [4.78, 5) is 24.6. The third-order valence-corrected chi connectivity index (χ3v) is 4.74. The summed E-state index contributed by atoms with van der Waals surface area (Å²) in [6.45, 7) is -0.873. The van der Waals surface area contributed by atoms with Crippen molar-refractivity contribution in [1.82, 2.24) is 4.90 Å². The minimum Gasteiger partial charge on any atom is -0.481 e. The molecule has 1 unspecified atom stereocenters. The summed E-state index contributed by atoms with van der Waals surface area (Å²) in [6, 6.07) is 0. The molecule has 2 rings (SSSR count). The maximum atomic E-state index is 13.1. The minimum absolute atomic E-state index is 0.124. The van der Waals surface area contributed by atoms with Crippen molar-refractivity contribution in [2.24, 2.45) is 11.3 Å². The van der Waals surface area contributed by atoms with Gasteiger partial charge in [-0.1, -0.05) is 25.7 Å². The molecule has 21 heavy (non-hydrogen) atoms. The van der Waals surface area contributed by atoms with E-state index in [4.69, 9.17) is 5.11 Å². The van der Waals surface area contributed by atoms with Crippen LogP contribution in [-0.4, -0.2) is 41.1 Å². The average molecular weight is 307 g/mol. The third-order valence-electron chi connectivity index (χ3n) is 4.74. The van der Waals surface area contributed by atoms with Crippen molar-refractivity contribution in [2.75, 3.05) is 13.1 Å². The van der Waals surface area contributed by atoms with Gasteiger partial charge in [-0.15, -0.1) is 0 Å². The van der Waals surface area contributed by atoms with Crippen LogP contribution in [0.25, 0.3) is 0 Å². The number of hydrogen-bond donors (Lipinski definition) is 1. The van der Waals surface area contributed by atoms with E-state index in [1.807, 2.05) is 0 Å². The van der Waals surface area contributed by atoms with Gasteiger partial charge in [0.1, 0.15) is 0 Å². The van der Waals surface area contributed by atoms with Crippen molar-refractivity contribution < 1.29 is 27.9 Å². The maximum Gasteiger partial charge on any atom is 0.406 e. The highest BCUT2D eigenvalue weighted by molar-refractivity contribution is 5.82. The zero-order valence-corrected chi connectivity index (χ0v) is 11.8. The first-order chi connectivity index (χ1) is 9.78. The average Bonchev–Trinajstić information content (AvgIpc) is 2.69. The largest absolute Gasteiger partial charge is 0.481 e. The first kappa shape index (κ1) is 16.1. The highest BCUT2D eigenvalue weighted by Gasteiger charge is 2.64. The fraction of sp³-hybridized carbons (Fsp3) is 0.857. The molecule has 1 saturated heterocycles. The Balaban J connectivity index is 2.10. The van der Waals surface area contributed by atoms with Crippen LogP contribution in [0.5, 0.6) is 0 Å². The van der Waals surface area contributed by atoms with E-state index in [2.05, 4.69) is 0 Å². The number of halogens is 3. The minimum atomic E-state index is -4.84. The van der Waals surface area contributed by atoms with Crippen molar-refractivity contribution >= 4 is 11.9 Å². The SMILES string of the molecule is O=C(C1CCCCCC1)N1CCC(C(=O)O)(C(F)(F)F)C1. The number of likely N-dealkylation sites (tertiary alicyclic amines) is 1. The van der Waals surface area contributed by atoms with Crippen LogP contribution in [0, 0.1) is 11.3 Å². The lowest BCUT2D eigenvalue weighted by molar-refractivity contribution is -0.227. The molecule has 0 radical (unpaired) electrons.